The summed E-state index contributed by atoms with van der Waals surface area (Å²) in [7, 11) is 0. The van der Waals surface area contributed by atoms with Crippen LogP contribution in [0, 0.1) is 18.3 Å². The molecular weight excluding hydrogens is 336 g/mol. The maximum atomic E-state index is 12.3. The van der Waals surface area contributed by atoms with Crippen molar-refractivity contribution in [1.82, 2.24) is 0 Å². The molecule has 2 aromatic rings. The summed E-state index contributed by atoms with van der Waals surface area (Å²) in [4.78, 5) is 13.0. The lowest BCUT2D eigenvalue weighted by atomic mass is 10.1. The summed E-state index contributed by atoms with van der Waals surface area (Å²) in [6.07, 6.45) is 0. The molecule has 3 nitrogen and oxygen atoms in total. The van der Waals surface area contributed by atoms with Crippen molar-refractivity contribution in [1.29, 1.82) is 5.26 Å². The van der Waals surface area contributed by atoms with Crippen LogP contribution in [0.1, 0.15) is 21.5 Å². The van der Waals surface area contributed by atoms with Crippen molar-refractivity contribution in [2.24, 2.45) is 0 Å². The third-order valence-electron chi connectivity index (χ3n) is 2.83. The molecule has 0 unspecified atom stereocenters. The second-order valence-electron chi connectivity index (χ2n) is 4.23. The van der Waals surface area contributed by atoms with E-state index in [1.807, 2.05) is 13.0 Å². The summed E-state index contributed by atoms with van der Waals surface area (Å²) >= 11 is 7.56. The predicted molar refractivity (Wildman–Crippen MR) is 85.2 cm³/mol. The van der Waals surface area contributed by atoms with Gasteiger partial charge in [-0.05, 0) is 52.7 Å². The number of halogens is 1. The van der Waals surface area contributed by atoms with Crippen molar-refractivity contribution in [2.45, 2.75) is 11.8 Å². The number of nitriles is 1. The van der Waals surface area contributed by atoms with Gasteiger partial charge in [0.05, 0.1) is 16.8 Å². The normalized spacial score (nSPS) is 9.90. The average Bonchev–Trinajstić information content (AvgIpc) is 2.41. The van der Waals surface area contributed by atoms with Gasteiger partial charge in [-0.2, -0.15) is 5.26 Å². The van der Waals surface area contributed by atoms with Gasteiger partial charge in [0.15, 0.2) is 0 Å². The number of anilines is 1. The molecule has 2 aromatic carbocycles. The predicted octanol–water partition coefficient (Wildman–Crippen LogP) is 4.17. The van der Waals surface area contributed by atoms with Crippen LogP contribution in [0.3, 0.4) is 0 Å². The molecule has 1 N–H and O–H groups in total. The Morgan fingerprint density at radius 2 is 2.10 bits per heavy atom. The summed E-state index contributed by atoms with van der Waals surface area (Å²) in [5, 5.41) is 11.9. The Labute approximate surface area is 131 Å². The lowest BCUT2D eigenvalue weighted by Crippen LogP contribution is -2.14. The fourth-order valence-electron chi connectivity index (χ4n) is 1.80. The minimum atomic E-state index is -0.283. The van der Waals surface area contributed by atoms with Crippen molar-refractivity contribution < 1.29 is 4.79 Å². The molecule has 0 fully saturated rings. The Bertz CT molecular complexity index is 722. The SMILES string of the molecule is Cc1cccc(NC(=O)c2cc(S)ccc2Br)c1C#N. The number of rotatable bonds is 2. The molecule has 0 spiro atoms. The summed E-state index contributed by atoms with van der Waals surface area (Å²) in [5.74, 6) is -0.283. The number of thiol groups is 1. The molecule has 2 rings (SSSR count). The lowest BCUT2D eigenvalue weighted by molar-refractivity contribution is 0.102. The molecular formula is C15H11BrN2OS. The first-order valence-electron chi connectivity index (χ1n) is 5.82. The fourth-order valence-corrected chi connectivity index (χ4v) is 2.43. The first kappa shape index (κ1) is 14.6. The largest absolute Gasteiger partial charge is 0.321 e. The van der Waals surface area contributed by atoms with Gasteiger partial charge in [0, 0.05) is 9.37 Å². The molecule has 20 heavy (non-hydrogen) atoms. The number of hydrogen-bond donors (Lipinski definition) is 2. The Morgan fingerprint density at radius 1 is 1.35 bits per heavy atom. The van der Waals surface area contributed by atoms with E-state index in [1.54, 1.807) is 30.3 Å². The number of nitrogens with one attached hydrogen (secondary N) is 1. The number of amides is 1. The highest BCUT2D eigenvalue weighted by molar-refractivity contribution is 9.10. The van der Waals surface area contributed by atoms with E-state index in [2.05, 4.69) is 39.9 Å². The van der Waals surface area contributed by atoms with E-state index in [-0.39, 0.29) is 5.91 Å². The second-order valence-corrected chi connectivity index (χ2v) is 5.60. The summed E-state index contributed by atoms with van der Waals surface area (Å²) < 4.78 is 0.680. The molecule has 5 heteroatoms. The van der Waals surface area contributed by atoms with Crippen LogP contribution < -0.4 is 5.32 Å². The summed E-state index contributed by atoms with van der Waals surface area (Å²) in [6.45, 7) is 1.83. The molecule has 100 valence electrons. The maximum absolute atomic E-state index is 12.3. The van der Waals surface area contributed by atoms with Gasteiger partial charge in [-0.3, -0.25) is 4.79 Å². The van der Waals surface area contributed by atoms with Gasteiger partial charge in [-0.15, -0.1) is 12.6 Å². The first-order valence-corrected chi connectivity index (χ1v) is 7.06. The smallest absolute Gasteiger partial charge is 0.256 e. The van der Waals surface area contributed by atoms with E-state index in [9.17, 15) is 4.79 Å². The number of hydrogen-bond acceptors (Lipinski definition) is 3. The van der Waals surface area contributed by atoms with E-state index in [4.69, 9.17) is 5.26 Å². The molecule has 0 bridgehead atoms. The van der Waals surface area contributed by atoms with Crippen LogP contribution >= 0.6 is 28.6 Å². The Balaban J connectivity index is 2.36. The number of benzene rings is 2. The molecule has 0 aromatic heterocycles. The van der Waals surface area contributed by atoms with Crippen LogP contribution in [0.4, 0.5) is 5.69 Å². The van der Waals surface area contributed by atoms with Crippen molar-refractivity contribution in [3.8, 4) is 6.07 Å². The maximum Gasteiger partial charge on any atom is 0.256 e. The van der Waals surface area contributed by atoms with Gasteiger partial charge in [0.2, 0.25) is 0 Å². The molecule has 0 radical (unpaired) electrons. The summed E-state index contributed by atoms with van der Waals surface area (Å²) in [6, 6.07) is 12.7. The van der Waals surface area contributed by atoms with Crippen LogP contribution in [0.25, 0.3) is 0 Å². The molecule has 0 atom stereocenters. The zero-order chi connectivity index (χ0) is 14.7. The molecule has 1 amide bonds. The van der Waals surface area contributed by atoms with Crippen LogP contribution in [0.5, 0.6) is 0 Å². The average molecular weight is 347 g/mol. The van der Waals surface area contributed by atoms with E-state index in [0.29, 0.717) is 26.2 Å². The third-order valence-corrected chi connectivity index (χ3v) is 3.80. The Hall–Kier alpha value is -1.77. The van der Waals surface area contributed by atoms with Crippen LogP contribution in [-0.4, -0.2) is 5.91 Å². The quantitative estimate of drug-likeness (QED) is 0.801. The van der Waals surface area contributed by atoms with E-state index in [1.165, 1.54) is 0 Å². The highest BCUT2D eigenvalue weighted by Gasteiger charge is 2.13. The monoisotopic (exact) mass is 346 g/mol. The molecule has 0 heterocycles. The zero-order valence-corrected chi connectivity index (χ0v) is 13.1. The lowest BCUT2D eigenvalue weighted by Gasteiger charge is -2.10. The number of aryl methyl sites for hydroxylation is 1. The first-order chi connectivity index (χ1) is 9.52. The number of carbonyl (C=O) groups excluding carboxylic acids is 1. The number of carbonyl (C=O) groups is 1. The highest BCUT2D eigenvalue weighted by atomic mass is 79.9. The highest BCUT2D eigenvalue weighted by Crippen LogP contribution is 2.23. The topological polar surface area (TPSA) is 52.9 Å². The van der Waals surface area contributed by atoms with Crippen LogP contribution in [0.2, 0.25) is 0 Å². The van der Waals surface area contributed by atoms with Crippen molar-refractivity contribution in [3.05, 3.63) is 57.6 Å². The molecule has 0 saturated heterocycles. The van der Waals surface area contributed by atoms with Crippen LogP contribution in [0.15, 0.2) is 45.8 Å². The Kier molecular flexibility index (Phi) is 4.48. The molecule has 0 aliphatic heterocycles. The number of nitrogens with zero attached hydrogens (tertiary/aromatic N) is 1. The minimum Gasteiger partial charge on any atom is -0.321 e. The van der Waals surface area contributed by atoms with E-state index >= 15 is 0 Å². The van der Waals surface area contributed by atoms with Gasteiger partial charge in [-0.25, -0.2) is 0 Å². The molecule has 0 aliphatic rings. The molecule has 0 aliphatic carbocycles. The van der Waals surface area contributed by atoms with E-state index < -0.39 is 0 Å². The van der Waals surface area contributed by atoms with Crippen molar-refractivity contribution in [2.75, 3.05) is 5.32 Å². The molecule has 0 saturated carbocycles. The second kappa shape index (κ2) is 6.12. The minimum absolute atomic E-state index is 0.283. The zero-order valence-electron chi connectivity index (χ0n) is 10.6. The van der Waals surface area contributed by atoms with Gasteiger partial charge in [0.1, 0.15) is 6.07 Å². The summed E-state index contributed by atoms with van der Waals surface area (Å²) in [5.41, 5.74) is 2.28. The van der Waals surface area contributed by atoms with Crippen molar-refractivity contribution in [3.63, 3.8) is 0 Å². The van der Waals surface area contributed by atoms with Crippen molar-refractivity contribution >= 4 is 40.2 Å². The third kappa shape index (κ3) is 3.03. The van der Waals surface area contributed by atoms with Gasteiger partial charge >= 0.3 is 0 Å². The van der Waals surface area contributed by atoms with E-state index in [0.717, 1.165) is 5.56 Å². The Morgan fingerprint density at radius 3 is 2.80 bits per heavy atom. The van der Waals surface area contributed by atoms with Gasteiger partial charge < -0.3 is 5.32 Å². The van der Waals surface area contributed by atoms with Gasteiger partial charge in [-0.1, -0.05) is 12.1 Å². The fraction of sp³-hybridized carbons (Fsp3) is 0.0667. The van der Waals surface area contributed by atoms with Crippen LogP contribution in [-0.2, 0) is 0 Å². The standard InChI is InChI=1S/C15H11BrN2OS/c1-9-3-2-4-14(12(9)8-17)18-15(19)11-7-10(20)5-6-13(11)16/h2-7,20H,1H3,(H,18,19). The van der Waals surface area contributed by atoms with Gasteiger partial charge in [0.25, 0.3) is 5.91 Å².